The van der Waals surface area contributed by atoms with Gasteiger partial charge in [0.25, 0.3) is 0 Å². The zero-order valence-corrected chi connectivity index (χ0v) is 4.27. The van der Waals surface area contributed by atoms with Gasteiger partial charge in [-0.3, -0.25) is 0 Å². The smallest absolute Gasteiger partial charge is 3.00 e. The van der Waals surface area contributed by atoms with E-state index < -0.39 is 0 Å². The normalized spacial score (nSPS) is 0. The maximum absolute atomic E-state index is 0. The molecule has 0 heterocycles. The van der Waals surface area contributed by atoms with Crippen LogP contribution in [0.1, 0.15) is 7.43 Å². The van der Waals surface area contributed by atoms with E-state index in [2.05, 4.69) is 0 Å². The van der Waals surface area contributed by atoms with Crippen LogP contribution in [-0.2, 0) is 19.5 Å². The Balaban J connectivity index is 0. The zero-order chi connectivity index (χ0) is 0. The second-order valence-electron chi connectivity index (χ2n) is 0. The van der Waals surface area contributed by atoms with Crippen LogP contribution < -0.4 is 0 Å². The van der Waals surface area contributed by atoms with Crippen molar-refractivity contribution in [3.05, 3.63) is 6.15 Å². The van der Waals surface area contributed by atoms with Gasteiger partial charge in [-0.1, -0.05) is 7.43 Å². The zero-order valence-electron chi connectivity index (χ0n) is 1.38. The minimum atomic E-state index is 0. The van der Waals surface area contributed by atoms with Crippen molar-refractivity contribution in [2.45, 2.75) is 7.43 Å². The van der Waals surface area contributed by atoms with Gasteiger partial charge in [-0.05, 0) is 0 Å². The first-order chi connectivity index (χ1) is 0. The SMILES string of the molecule is C.[Al+3].[N-3].[Ru]. The quantitative estimate of drug-likeness (QED) is 0.461. The van der Waals surface area contributed by atoms with Gasteiger partial charge in [0, 0.05) is 19.5 Å². The molecule has 0 rings (SSSR count). The summed E-state index contributed by atoms with van der Waals surface area (Å²) in [5.41, 5.74) is 0. The Morgan fingerprint density at radius 3 is 1.00 bits per heavy atom. The van der Waals surface area contributed by atoms with E-state index in [9.17, 15) is 0 Å². The summed E-state index contributed by atoms with van der Waals surface area (Å²) in [7, 11) is 0. The van der Waals surface area contributed by atoms with Crippen LogP contribution in [0.5, 0.6) is 0 Å². The molecule has 0 aliphatic rings. The van der Waals surface area contributed by atoms with Crippen LogP contribution in [0.25, 0.3) is 6.15 Å². The third kappa shape index (κ3) is 11.2. The summed E-state index contributed by atoms with van der Waals surface area (Å²) in [4.78, 5) is 0. The molecule has 3 heteroatoms. The van der Waals surface area contributed by atoms with E-state index in [0.717, 1.165) is 0 Å². The van der Waals surface area contributed by atoms with Gasteiger partial charge in [-0.2, -0.15) is 0 Å². The standard InChI is InChI=1S/CH4.Al.N.Ru/h1H4;;;/q;+3;-3;. The van der Waals surface area contributed by atoms with Gasteiger partial charge >= 0.3 is 17.4 Å². The Morgan fingerprint density at radius 2 is 1.00 bits per heavy atom. The molecule has 0 saturated carbocycles. The number of hydrogen-bond acceptors (Lipinski definition) is 0. The van der Waals surface area contributed by atoms with Crippen LogP contribution in [0.15, 0.2) is 0 Å². The maximum atomic E-state index is 0. The molecule has 0 aromatic rings. The summed E-state index contributed by atoms with van der Waals surface area (Å²) in [6.07, 6.45) is 0. The number of rotatable bonds is 0. The van der Waals surface area contributed by atoms with Crippen molar-refractivity contribution in [1.29, 1.82) is 0 Å². The van der Waals surface area contributed by atoms with Crippen molar-refractivity contribution in [3.8, 4) is 0 Å². The summed E-state index contributed by atoms with van der Waals surface area (Å²) in [6.45, 7) is 0. The molecule has 0 aliphatic carbocycles. The Labute approximate surface area is 50.6 Å². The Morgan fingerprint density at radius 1 is 1.00 bits per heavy atom. The third-order valence-electron chi connectivity index (χ3n) is 0. The van der Waals surface area contributed by atoms with Crippen LogP contribution >= 0.6 is 0 Å². The van der Waals surface area contributed by atoms with Crippen LogP contribution in [0.2, 0.25) is 0 Å². The van der Waals surface area contributed by atoms with Gasteiger partial charge in [-0.25, -0.2) is 0 Å². The van der Waals surface area contributed by atoms with Gasteiger partial charge < -0.3 is 6.15 Å². The number of hydrogen-bond donors (Lipinski definition) is 0. The fourth-order valence-electron chi connectivity index (χ4n) is 0. The Kier molecular flexibility index (Phi) is 558. The first-order valence-corrected chi connectivity index (χ1v) is 0. The molecule has 0 atom stereocenters. The minimum Gasteiger partial charge on any atom is -3.00 e. The fourth-order valence-corrected chi connectivity index (χ4v) is 0. The van der Waals surface area contributed by atoms with Crippen LogP contribution in [0.3, 0.4) is 0 Å². The Hall–Kier alpha value is 1.12. The van der Waals surface area contributed by atoms with Gasteiger partial charge in [0.1, 0.15) is 0 Å². The summed E-state index contributed by atoms with van der Waals surface area (Å²) in [5, 5.41) is 0. The molecule has 4 heavy (non-hydrogen) atoms. The Bertz CT molecular complexity index is 8.00. The minimum absolute atomic E-state index is 0. The van der Waals surface area contributed by atoms with E-state index in [1.54, 1.807) is 0 Å². The van der Waals surface area contributed by atoms with Gasteiger partial charge in [0.05, 0.1) is 0 Å². The van der Waals surface area contributed by atoms with Crippen LogP contribution in [0, 0.1) is 0 Å². The van der Waals surface area contributed by atoms with E-state index in [-0.39, 0.29) is 50.4 Å². The molecule has 0 amide bonds. The molecule has 0 spiro atoms. The van der Waals surface area contributed by atoms with Gasteiger partial charge in [0.2, 0.25) is 0 Å². The molecule has 0 aromatic carbocycles. The third-order valence-corrected chi connectivity index (χ3v) is 0. The molecule has 0 aromatic heterocycles. The van der Waals surface area contributed by atoms with E-state index in [1.807, 2.05) is 0 Å². The van der Waals surface area contributed by atoms with E-state index in [4.69, 9.17) is 0 Å². The fraction of sp³-hybridized carbons (Fsp3) is 1.00. The molecule has 0 unspecified atom stereocenters. The molecule has 0 aliphatic heterocycles. The predicted octanol–water partition coefficient (Wildman–Crippen LogP) is 0.541. The average Bonchev–Trinajstić information content (AvgIpc) is 0. The summed E-state index contributed by atoms with van der Waals surface area (Å²) in [5.74, 6) is 0. The van der Waals surface area contributed by atoms with Crippen molar-refractivity contribution in [2.75, 3.05) is 0 Å². The number of nitrogens with zero attached hydrogens (tertiary/aromatic N) is 1. The topological polar surface area (TPSA) is 30.5 Å². The average molecular weight is 158 g/mol. The molecule has 0 bridgehead atoms. The first kappa shape index (κ1) is 69.6. The van der Waals surface area contributed by atoms with E-state index in [1.165, 1.54) is 0 Å². The van der Waals surface area contributed by atoms with Crippen LogP contribution in [-0.4, -0.2) is 17.4 Å². The van der Waals surface area contributed by atoms with Gasteiger partial charge in [0.15, 0.2) is 0 Å². The predicted molar refractivity (Wildman–Crippen MR) is 15.8 cm³/mol. The molecule has 0 fully saturated rings. The van der Waals surface area contributed by atoms with Crippen molar-refractivity contribution >= 4 is 17.4 Å². The van der Waals surface area contributed by atoms with E-state index >= 15 is 0 Å². The van der Waals surface area contributed by atoms with Crippen LogP contribution in [0.4, 0.5) is 0 Å². The molecule has 0 N–H and O–H groups in total. The molecular weight excluding hydrogens is 154 g/mol. The first-order valence-electron chi connectivity index (χ1n) is 0. The summed E-state index contributed by atoms with van der Waals surface area (Å²) in [6, 6.07) is 0. The molecule has 0 saturated heterocycles. The molecular formula is CH4AlNRu. The van der Waals surface area contributed by atoms with Crippen molar-refractivity contribution in [2.24, 2.45) is 0 Å². The molecule has 24 valence electrons. The van der Waals surface area contributed by atoms with Crippen molar-refractivity contribution in [1.82, 2.24) is 0 Å². The molecule has 1 nitrogen and oxygen atoms in total. The summed E-state index contributed by atoms with van der Waals surface area (Å²) >= 11 is 0. The second kappa shape index (κ2) is 32.1. The van der Waals surface area contributed by atoms with Crippen molar-refractivity contribution < 1.29 is 19.5 Å². The summed E-state index contributed by atoms with van der Waals surface area (Å²) < 4.78 is 0. The van der Waals surface area contributed by atoms with Crippen molar-refractivity contribution in [3.63, 3.8) is 0 Å². The monoisotopic (exact) mass is 159 g/mol. The largest absolute Gasteiger partial charge is 3.00 e. The molecule has 0 radical (unpaired) electrons. The second-order valence-corrected chi connectivity index (χ2v) is 0. The van der Waals surface area contributed by atoms with E-state index in [0.29, 0.717) is 0 Å². The maximum Gasteiger partial charge on any atom is 3.00 e. The van der Waals surface area contributed by atoms with Gasteiger partial charge in [-0.15, -0.1) is 0 Å².